The second-order valence-electron chi connectivity index (χ2n) is 5.14. The number of nitrogens with zero attached hydrogens (tertiary/aromatic N) is 4. The van der Waals surface area contributed by atoms with E-state index in [2.05, 4.69) is 28.9 Å². The number of hydrogen-bond acceptors (Lipinski definition) is 6. The summed E-state index contributed by atoms with van der Waals surface area (Å²) in [4.78, 5) is 4.23. The Bertz CT molecular complexity index is 442. The molecule has 0 amide bonds. The normalized spacial score (nSPS) is 17.7. The minimum Gasteiger partial charge on any atom is -0.344 e. The summed E-state index contributed by atoms with van der Waals surface area (Å²) in [5.74, 6) is 1.09. The average Bonchev–Trinajstić information content (AvgIpc) is 2.88. The van der Waals surface area contributed by atoms with Gasteiger partial charge in [-0.05, 0) is 5.25 Å². The summed E-state index contributed by atoms with van der Waals surface area (Å²) in [5.41, 5.74) is 0. The van der Waals surface area contributed by atoms with E-state index < -0.39 is 11.2 Å². The first kappa shape index (κ1) is 16.8. The lowest BCUT2D eigenvalue weighted by Gasteiger charge is -2.34. The summed E-state index contributed by atoms with van der Waals surface area (Å²) in [7, 11) is 0. The van der Waals surface area contributed by atoms with Crippen molar-refractivity contribution in [2.75, 3.05) is 43.4 Å². The van der Waals surface area contributed by atoms with Gasteiger partial charge in [-0.15, -0.1) is 10.2 Å². The van der Waals surface area contributed by atoms with Gasteiger partial charge in [0.05, 0.1) is 0 Å². The van der Waals surface area contributed by atoms with Gasteiger partial charge in [-0.3, -0.25) is 4.90 Å². The van der Waals surface area contributed by atoms with E-state index in [-0.39, 0.29) is 0 Å². The molecule has 1 fully saturated rings. The lowest BCUT2D eigenvalue weighted by molar-refractivity contribution is -0.138. The average molecular weight is 340 g/mol. The Hall–Kier alpha value is -0.540. The summed E-state index contributed by atoms with van der Waals surface area (Å²) >= 11 is 2.55. The first-order valence-electron chi connectivity index (χ1n) is 6.86. The van der Waals surface area contributed by atoms with Gasteiger partial charge in [0.15, 0.2) is 0 Å². The zero-order valence-corrected chi connectivity index (χ0v) is 13.7. The van der Waals surface area contributed by atoms with Gasteiger partial charge in [-0.25, -0.2) is 0 Å². The van der Waals surface area contributed by atoms with Crippen LogP contribution in [-0.4, -0.2) is 58.8 Å². The SMILES string of the molecule is CC(C)SCCN1CCN(c2nnc(C(F)(F)F)s2)CC1. The van der Waals surface area contributed by atoms with Gasteiger partial charge >= 0.3 is 6.18 Å². The molecule has 1 aromatic heterocycles. The predicted octanol–water partition coefficient (Wildman–Crippen LogP) is 2.82. The highest BCUT2D eigenvalue weighted by molar-refractivity contribution is 7.99. The number of piperazine rings is 1. The van der Waals surface area contributed by atoms with E-state index in [4.69, 9.17) is 0 Å². The number of alkyl halides is 3. The van der Waals surface area contributed by atoms with Crippen molar-refractivity contribution in [3.8, 4) is 0 Å². The molecule has 0 aliphatic carbocycles. The van der Waals surface area contributed by atoms with Crippen molar-refractivity contribution in [1.82, 2.24) is 15.1 Å². The van der Waals surface area contributed by atoms with Crippen LogP contribution in [0, 0.1) is 0 Å². The molecule has 4 nitrogen and oxygen atoms in total. The molecule has 9 heteroatoms. The van der Waals surface area contributed by atoms with Crippen molar-refractivity contribution >= 4 is 28.2 Å². The van der Waals surface area contributed by atoms with Crippen molar-refractivity contribution in [2.24, 2.45) is 0 Å². The van der Waals surface area contributed by atoms with Gasteiger partial charge in [-0.2, -0.15) is 24.9 Å². The van der Waals surface area contributed by atoms with Gasteiger partial charge < -0.3 is 4.90 Å². The van der Waals surface area contributed by atoms with Gasteiger partial charge in [0, 0.05) is 38.5 Å². The lowest BCUT2D eigenvalue weighted by Crippen LogP contribution is -2.47. The maximum absolute atomic E-state index is 12.5. The molecule has 120 valence electrons. The number of thioether (sulfide) groups is 1. The summed E-state index contributed by atoms with van der Waals surface area (Å²) in [6, 6.07) is 0. The highest BCUT2D eigenvalue weighted by atomic mass is 32.2. The van der Waals surface area contributed by atoms with Crippen molar-refractivity contribution in [3.05, 3.63) is 5.01 Å². The van der Waals surface area contributed by atoms with Crippen molar-refractivity contribution in [3.63, 3.8) is 0 Å². The number of hydrogen-bond donors (Lipinski definition) is 0. The van der Waals surface area contributed by atoms with Crippen LogP contribution in [0.15, 0.2) is 0 Å². The van der Waals surface area contributed by atoms with Gasteiger partial charge in [0.25, 0.3) is 0 Å². The minimum atomic E-state index is -4.40. The molecule has 0 atom stereocenters. The van der Waals surface area contributed by atoms with Crippen LogP contribution in [0.5, 0.6) is 0 Å². The molecule has 0 N–H and O–H groups in total. The topological polar surface area (TPSA) is 32.3 Å². The van der Waals surface area contributed by atoms with Crippen LogP contribution in [0.1, 0.15) is 18.9 Å². The molecule has 1 saturated heterocycles. The zero-order chi connectivity index (χ0) is 15.5. The summed E-state index contributed by atoms with van der Waals surface area (Å²) < 4.78 is 37.5. The quantitative estimate of drug-likeness (QED) is 0.823. The molecule has 0 aromatic carbocycles. The third-order valence-electron chi connectivity index (χ3n) is 3.16. The fraction of sp³-hybridized carbons (Fsp3) is 0.833. The largest absolute Gasteiger partial charge is 0.445 e. The Morgan fingerprint density at radius 3 is 2.38 bits per heavy atom. The summed E-state index contributed by atoms with van der Waals surface area (Å²) in [6.45, 7) is 8.52. The maximum atomic E-state index is 12.5. The van der Waals surface area contributed by atoms with Crippen LogP contribution in [0.25, 0.3) is 0 Å². The van der Waals surface area contributed by atoms with Crippen LogP contribution >= 0.6 is 23.1 Å². The highest BCUT2D eigenvalue weighted by Gasteiger charge is 2.36. The first-order chi connectivity index (χ1) is 9.86. The monoisotopic (exact) mass is 340 g/mol. The van der Waals surface area contributed by atoms with E-state index in [1.807, 2.05) is 16.7 Å². The van der Waals surface area contributed by atoms with E-state index in [0.29, 0.717) is 34.8 Å². The Kier molecular flexibility index (Phi) is 5.73. The third kappa shape index (κ3) is 5.00. The maximum Gasteiger partial charge on any atom is 0.445 e. The number of rotatable bonds is 5. The molecule has 1 aliphatic rings. The molecule has 1 aliphatic heterocycles. The Morgan fingerprint density at radius 1 is 1.19 bits per heavy atom. The fourth-order valence-electron chi connectivity index (χ4n) is 2.04. The minimum absolute atomic E-state index is 0.374. The van der Waals surface area contributed by atoms with Crippen LogP contribution in [0.2, 0.25) is 0 Å². The highest BCUT2D eigenvalue weighted by Crippen LogP contribution is 2.34. The number of aromatic nitrogens is 2. The molecule has 0 radical (unpaired) electrons. The lowest BCUT2D eigenvalue weighted by atomic mass is 10.3. The molecule has 0 bridgehead atoms. The van der Waals surface area contributed by atoms with Crippen molar-refractivity contribution in [1.29, 1.82) is 0 Å². The zero-order valence-electron chi connectivity index (χ0n) is 12.1. The molecule has 0 unspecified atom stereocenters. The summed E-state index contributed by atoms with van der Waals surface area (Å²) in [5, 5.41) is 7.04. The second kappa shape index (κ2) is 7.15. The molecular weight excluding hydrogens is 321 g/mol. The van der Waals surface area contributed by atoms with E-state index in [0.717, 1.165) is 25.4 Å². The molecular formula is C12H19F3N4S2. The second-order valence-corrected chi connectivity index (χ2v) is 7.78. The number of halogens is 3. The van der Waals surface area contributed by atoms with E-state index in [1.54, 1.807) is 0 Å². The van der Waals surface area contributed by atoms with Crippen molar-refractivity contribution in [2.45, 2.75) is 25.3 Å². The van der Waals surface area contributed by atoms with Gasteiger partial charge in [0.1, 0.15) is 0 Å². The molecule has 1 aromatic rings. The van der Waals surface area contributed by atoms with Gasteiger partial charge in [-0.1, -0.05) is 25.2 Å². The first-order valence-corrected chi connectivity index (χ1v) is 8.72. The fourth-order valence-corrected chi connectivity index (χ4v) is 3.64. The van der Waals surface area contributed by atoms with E-state index in [9.17, 15) is 13.2 Å². The smallest absolute Gasteiger partial charge is 0.344 e. The Labute approximate surface area is 130 Å². The standard InChI is InChI=1S/C12H19F3N4S2/c1-9(2)20-8-7-18-3-5-19(6-4-18)11-17-16-10(21-11)12(13,14)15/h9H,3-8H2,1-2H3. The van der Waals surface area contributed by atoms with Crippen LogP contribution in [0.3, 0.4) is 0 Å². The van der Waals surface area contributed by atoms with Gasteiger partial charge in [0.2, 0.25) is 10.1 Å². The molecule has 21 heavy (non-hydrogen) atoms. The van der Waals surface area contributed by atoms with E-state index >= 15 is 0 Å². The molecule has 0 saturated carbocycles. The Morgan fingerprint density at radius 2 is 1.86 bits per heavy atom. The molecule has 0 spiro atoms. The van der Waals surface area contributed by atoms with Crippen LogP contribution in [0.4, 0.5) is 18.3 Å². The van der Waals surface area contributed by atoms with Crippen LogP contribution in [-0.2, 0) is 6.18 Å². The third-order valence-corrected chi connectivity index (χ3v) is 5.27. The number of anilines is 1. The van der Waals surface area contributed by atoms with Crippen molar-refractivity contribution < 1.29 is 13.2 Å². The molecule has 2 rings (SSSR count). The predicted molar refractivity (Wildman–Crippen MR) is 81.2 cm³/mol. The molecule has 2 heterocycles. The summed E-state index contributed by atoms with van der Waals surface area (Å²) in [6.07, 6.45) is -4.40. The van der Waals surface area contributed by atoms with E-state index in [1.165, 1.54) is 0 Å². The van der Waals surface area contributed by atoms with Crippen LogP contribution < -0.4 is 4.90 Å². The Balaban J connectivity index is 1.80.